The molecule has 0 unspecified atom stereocenters. The number of carbonyl (C=O) groups excluding carboxylic acids is 1. The number of hydrogen-bond acceptors (Lipinski definition) is 2. The molecule has 1 aromatic rings. The van der Waals surface area contributed by atoms with E-state index in [-0.39, 0.29) is 5.91 Å². The fourth-order valence-electron chi connectivity index (χ4n) is 1.96. The van der Waals surface area contributed by atoms with Crippen LogP contribution in [0.3, 0.4) is 0 Å². The lowest BCUT2D eigenvalue weighted by atomic mass is 9.98. The van der Waals surface area contributed by atoms with Gasteiger partial charge in [-0.2, -0.15) is 0 Å². The number of hydrogen-bond donors (Lipinski definition) is 1. The van der Waals surface area contributed by atoms with Crippen LogP contribution in [0.5, 0.6) is 0 Å². The summed E-state index contributed by atoms with van der Waals surface area (Å²) in [7, 11) is 1.82. The zero-order valence-corrected chi connectivity index (χ0v) is 9.59. The molecular weight excluding hydrogens is 188 g/mol. The fraction of sp³-hybridized carbons (Fsp3) is 0.417. The lowest BCUT2D eigenvalue weighted by Crippen LogP contribution is -2.52. The summed E-state index contributed by atoms with van der Waals surface area (Å²) in [5.74, 6) is 0.0962. The van der Waals surface area contributed by atoms with Crippen LogP contribution in [0.2, 0.25) is 0 Å². The first-order valence-electron chi connectivity index (χ1n) is 5.09. The van der Waals surface area contributed by atoms with Crippen molar-refractivity contribution in [1.82, 2.24) is 0 Å². The van der Waals surface area contributed by atoms with Gasteiger partial charge < -0.3 is 10.2 Å². The van der Waals surface area contributed by atoms with Crippen molar-refractivity contribution < 1.29 is 4.79 Å². The highest BCUT2D eigenvalue weighted by Crippen LogP contribution is 2.34. The second-order valence-corrected chi connectivity index (χ2v) is 4.63. The van der Waals surface area contributed by atoms with Crippen LogP contribution < -0.4 is 10.2 Å². The second kappa shape index (κ2) is 2.99. The molecule has 3 nitrogen and oxygen atoms in total. The Kier molecular flexibility index (Phi) is 2.00. The molecule has 0 aliphatic carbocycles. The predicted octanol–water partition coefficient (Wildman–Crippen LogP) is 2.16. The van der Waals surface area contributed by atoms with Gasteiger partial charge in [-0.15, -0.1) is 0 Å². The molecule has 15 heavy (non-hydrogen) atoms. The van der Waals surface area contributed by atoms with Gasteiger partial charge in [0.1, 0.15) is 5.54 Å². The van der Waals surface area contributed by atoms with E-state index in [2.05, 4.69) is 11.4 Å². The third-order valence-corrected chi connectivity index (χ3v) is 2.80. The Balaban J connectivity index is 2.55. The van der Waals surface area contributed by atoms with Crippen LogP contribution in [-0.2, 0) is 4.79 Å². The summed E-state index contributed by atoms with van der Waals surface area (Å²) in [5, 5.41) is 3.27. The molecule has 1 amide bonds. The summed E-state index contributed by atoms with van der Waals surface area (Å²) in [6, 6.07) is 6.06. The summed E-state index contributed by atoms with van der Waals surface area (Å²) in [6.07, 6.45) is 0. The number of carbonyl (C=O) groups is 1. The van der Waals surface area contributed by atoms with Gasteiger partial charge in [0.15, 0.2) is 0 Å². The van der Waals surface area contributed by atoms with Gasteiger partial charge in [0.25, 0.3) is 5.91 Å². The van der Waals surface area contributed by atoms with Gasteiger partial charge in [-0.05, 0) is 38.5 Å². The van der Waals surface area contributed by atoms with Gasteiger partial charge in [0, 0.05) is 7.05 Å². The molecule has 0 radical (unpaired) electrons. The van der Waals surface area contributed by atoms with Crippen molar-refractivity contribution in [3.63, 3.8) is 0 Å². The molecule has 2 rings (SSSR count). The first-order chi connectivity index (χ1) is 6.92. The Labute approximate surface area is 90.1 Å². The highest BCUT2D eigenvalue weighted by molar-refractivity contribution is 6.06. The highest BCUT2D eigenvalue weighted by atomic mass is 16.2. The minimum absolute atomic E-state index is 0.0962. The molecule has 0 saturated heterocycles. The molecule has 1 aromatic carbocycles. The average molecular weight is 204 g/mol. The number of benzene rings is 1. The SMILES string of the molecule is Cc1ccc2c(c1)NC(C)(C)C(=O)N2C. The van der Waals surface area contributed by atoms with Crippen LogP contribution in [0, 0.1) is 6.92 Å². The number of nitrogens with one attached hydrogen (secondary N) is 1. The number of nitrogens with zero attached hydrogens (tertiary/aromatic N) is 1. The Hall–Kier alpha value is -1.51. The lowest BCUT2D eigenvalue weighted by molar-refractivity contribution is -0.121. The smallest absolute Gasteiger partial charge is 0.251 e. The van der Waals surface area contributed by atoms with E-state index in [9.17, 15) is 4.79 Å². The zero-order chi connectivity index (χ0) is 11.2. The van der Waals surface area contributed by atoms with Crippen molar-refractivity contribution >= 4 is 17.3 Å². The summed E-state index contributed by atoms with van der Waals surface area (Å²) in [5.41, 5.74) is 2.65. The maximum absolute atomic E-state index is 12.0. The molecule has 0 saturated carbocycles. The van der Waals surface area contributed by atoms with Crippen LogP contribution in [0.15, 0.2) is 18.2 Å². The van der Waals surface area contributed by atoms with Gasteiger partial charge in [-0.25, -0.2) is 0 Å². The second-order valence-electron chi connectivity index (χ2n) is 4.63. The van der Waals surface area contributed by atoms with E-state index >= 15 is 0 Å². The molecule has 0 spiro atoms. The van der Waals surface area contributed by atoms with Crippen LogP contribution in [0.1, 0.15) is 19.4 Å². The molecular formula is C12H16N2O. The number of anilines is 2. The maximum Gasteiger partial charge on any atom is 0.251 e. The van der Waals surface area contributed by atoms with Crippen molar-refractivity contribution in [2.45, 2.75) is 26.3 Å². The Morgan fingerprint density at radius 1 is 1.33 bits per heavy atom. The van der Waals surface area contributed by atoms with Crippen LogP contribution in [0.4, 0.5) is 11.4 Å². The predicted molar refractivity (Wildman–Crippen MR) is 62.3 cm³/mol. The summed E-state index contributed by atoms with van der Waals surface area (Å²) < 4.78 is 0. The van der Waals surface area contributed by atoms with E-state index in [4.69, 9.17) is 0 Å². The first kappa shape index (κ1) is 10.0. The van der Waals surface area contributed by atoms with Crippen molar-refractivity contribution in [1.29, 1.82) is 0 Å². The van der Waals surface area contributed by atoms with E-state index in [0.717, 1.165) is 11.4 Å². The Morgan fingerprint density at radius 2 is 2.00 bits per heavy atom. The van der Waals surface area contributed by atoms with Gasteiger partial charge in [0.05, 0.1) is 11.4 Å². The summed E-state index contributed by atoms with van der Waals surface area (Å²) in [4.78, 5) is 13.7. The van der Waals surface area contributed by atoms with Crippen molar-refractivity contribution in [2.24, 2.45) is 0 Å². The number of likely N-dealkylation sites (N-methyl/N-ethyl adjacent to an activating group) is 1. The van der Waals surface area contributed by atoms with Crippen molar-refractivity contribution in [3.8, 4) is 0 Å². The van der Waals surface area contributed by atoms with Crippen LogP contribution in [-0.4, -0.2) is 18.5 Å². The first-order valence-corrected chi connectivity index (χ1v) is 5.09. The number of fused-ring (bicyclic) bond motifs is 1. The molecule has 1 aliphatic rings. The topological polar surface area (TPSA) is 32.3 Å². The van der Waals surface area contributed by atoms with Crippen LogP contribution in [0.25, 0.3) is 0 Å². The van der Waals surface area contributed by atoms with E-state index < -0.39 is 5.54 Å². The molecule has 0 bridgehead atoms. The van der Waals surface area contributed by atoms with E-state index in [0.29, 0.717) is 0 Å². The quantitative estimate of drug-likeness (QED) is 0.702. The maximum atomic E-state index is 12.0. The normalized spacial score (nSPS) is 18.4. The average Bonchev–Trinajstić information content (AvgIpc) is 2.13. The lowest BCUT2D eigenvalue weighted by Gasteiger charge is -2.38. The van der Waals surface area contributed by atoms with Crippen molar-refractivity contribution in [2.75, 3.05) is 17.3 Å². The number of rotatable bonds is 0. The van der Waals surface area contributed by atoms with E-state index in [1.807, 2.05) is 40.0 Å². The molecule has 0 atom stereocenters. The third-order valence-electron chi connectivity index (χ3n) is 2.80. The molecule has 0 fully saturated rings. The summed E-state index contributed by atoms with van der Waals surface area (Å²) in [6.45, 7) is 5.85. The molecule has 1 N–H and O–H groups in total. The monoisotopic (exact) mass is 204 g/mol. The third kappa shape index (κ3) is 1.48. The molecule has 1 aliphatic heterocycles. The Bertz CT molecular complexity index is 424. The van der Waals surface area contributed by atoms with Crippen molar-refractivity contribution in [3.05, 3.63) is 23.8 Å². The molecule has 3 heteroatoms. The minimum atomic E-state index is -0.518. The largest absolute Gasteiger partial charge is 0.370 e. The Morgan fingerprint density at radius 3 is 2.67 bits per heavy atom. The van der Waals surface area contributed by atoms with Gasteiger partial charge in [0.2, 0.25) is 0 Å². The van der Waals surface area contributed by atoms with E-state index in [1.54, 1.807) is 4.90 Å². The van der Waals surface area contributed by atoms with Gasteiger partial charge in [-0.3, -0.25) is 4.79 Å². The highest BCUT2D eigenvalue weighted by Gasteiger charge is 2.36. The van der Waals surface area contributed by atoms with Gasteiger partial charge >= 0.3 is 0 Å². The number of amides is 1. The van der Waals surface area contributed by atoms with E-state index in [1.165, 1.54) is 5.56 Å². The molecule has 1 heterocycles. The molecule has 80 valence electrons. The zero-order valence-electron chi connectivity index (χ0n) is 9.59. The van der Waals surface area contributed by atoms with Crippen LogP contribution >= 0.6 is 0 Å². The summed E-state index contributed by atoms with van der Waals surface area (Å²) >= 11 is 0. The molecule has 0 aromatic heterocycles. The fourth-order valence-corrected chi connectivity index (χ4v) is 1.96. The number of aryl methyl sites for hydroxylation is 1. The standard InChI is InChI=1S/C12H16N2O/c1-8-5-6-10-9(7-8)13-12(2,3)11(15)14(10)4/h5-7,13H,1-4H3. The minimum Gasteiger partial charge on any atom is -0.370 e. The van der Waals surface area contributed by atoms with Gasteiger partial charge in [-0.1, -0.05) is 6.07 Å².